The summed E-state index contributed by atoms with van der Waals surface area (Å²) in [5, 5.41) is 9.25. The average molecular weight is 315 g/mol. The lowest BCUT2D eigenvalue weighted by Gasteiger charge is -2.06. The van der Waals surface area contributed by atoms with E-state index >= 15 is 0 Å². The van der Waals surface area contributed by atoms with E-state index < -0.39 is 5.78 Å². The fourth-order valence-electron chi connectivity index (χ4n) is 2.15. The Morgan fingerprint density at radius 2 is 1.79 bits per heavy atom. The molecule has 0 amide bonds. The molecular formula is C20H13NO3. The Bertz CT molecular complexity index is 904. The van der Waals surface area contributed by atoms with Crippen molar-refractivity contribution in [3.05, 3.63) is 89.9 Å². The summed E-state index contributed by atoms with van der Waals surface area (Å²) >= 11 is 0. The molecule has 0 bridgehead atoms. The molecule has 4 nitrogen and oxygen atoms in total. The summed E-state index contributed by atoms with van der Waals surface area (Å²) in [5.74, 6) is 1.03. The smallest absolute Gasteiger partial charge is 0.238 e. The third-order valence-corrected chi connectivity index (χ3v) is 3.26. The first kappa shape index (κ1) is 15.3. The molecule has 0 radical (unpaired) electrons. The molecule has 0 unspecified atom stereocenters. The zero-order chi connectivity index (χ0) is 16.8. The third-order valence-electron chi connectivity index (χ3n) is 3.26. The molecule has 1 aromatic heterocycles. The Morgan fingerprint density at radius 1 is 1.00 bits per heavy atom. The van der Waals surface area contributed by atoms with Crippen LogP contribution in [0.25, 0.3) is 6.08 Å². The summed E-state index contributed by atoms with van der Waals surface area (Å²) in [7, 11) is 0. The molecule has 4 heteroatoms. The lowest BCUT2D eigenvalue weighted by Crippen LogP contribution is -2.00. The fourth-order valence-corrected chi connectivity index (χ4v) is 2.15. The average Bonchev–Trinajstić information content (AvgIpc) is 3.15. The van der Waals surface area contributed by atoms with Gasteiger partial charge in [0.2, 0.25) is 5.78 Å². The Labute approximate surface area is 139 Å². The van der Waals surface area contributed by atoms with Crippen molar-refractivity contribution >= 4 is 11.9 Å². The number of nitriles is 1. The van der Waals surface area contributed by atoms with E-state index in [4.69, 9.17) is 9.15 Å². The van der Waals surface area contributed by atoms with E-state index in [1.165, 1.54) is 18.4 Å². The van der Waals surface area contributed by atoms with Crippen LogP contribution in [-0.4, -0.2) is 5.78 Å². The highest BCUT2D eigenvalue weighted by Gasteiger charge is 2.14. The van der Waals surface area contributed by atoms with Crippen molar-refractivity contribution in [1.82, 2.24) is 0 Å². The molecule has 0 atom stereocenters. The summed E-state index contributed by atoms with van der Waals surface area (Å²) in [5.41, 5.74) is 0.696. The molecule has 1 heterocycles. The van der Waals surface area contributed by atoms with Crippen LogP contribution in [0.4, 0.5) is 0 Å². The van der Waals surface area contributed by atoms with Gasteiger partial charge in [-0.2, -0.15) is 5.26 Å². The SMILES string of the molecule is N#C/C(=C\c1cccc(Oc2ccccc2)c1)C(=O)c1ccco1. The molecule has 24 heavy (non-hydrogen) atoms. The third kappa shape index (κ3) is 3.60. The van der Waals surface area contributed by atoms with Gasteiger partial charge in [0.15, 0.2) is 5.76 Å². The number of ether oxygens (including phenoxy) is 1. The van der Waals surface area contributed by atoms with Crippen molar-refractivity contribution in [3.8, 4) is 17.6 Å². The highest BCUT2D eigenvalue weighted by atomic mass is 16.5. The van der Waals surface area contributed by atoms with Crippen molar-refractivity contribution in [3.63, 3.8) is 0 Å². The standard InChI is InChI=1S/C20H13NO3/c21-14-16(20(22)19-10-5-11-23-19)12-15-6-4-9-18(13-15)24-17-7-2-1-3-8-17/h1-13H/b16-12+. The number of hydrogen-bond acceptors (Lipinski definition) is 4. The van der Waals surface area contributed by atoms with Crippen molar-refractivity contribution in [2.24, 2.45) is 0 Å². The summed E-state index contributed by atoms with van der Waals surface area (Å²) in [6.45, 7) is 0. The van der Waals surface area contributed by atoms with E-state index in [0.29, 0.717) is 17.1 Å². The molecule has 0 aliphatic carbocycles. The second kappa shape index (κ2) is 7.12. The van der Waals surface area contributed by atoms with Gasteiger partial charge in [-0.3, -0.25) is 4.79 Å². The Morgan fingerprint density at radius 3 is 2.50 bits per heavy atom. The number of carbonyl (C=O) groups is 1. The first-order valence-corrected chi connectivity index (χ1v) is 7.29. The second-order valence-corrected chi connectivity index (χ2v) is 4.96. The number of furan rings is 1. The highest BCUT2D eigenvalue weighted by Crippen LogP contribution is 2.23. The molecule has 3 rings (SSSR count). The van der Waals surface area contributed by atoms with Crippen LogP contribution >= 0.6 is 0 Å². The Balaban J connectivity index is 1.85. The zero-order valence-electron chi connectivity index (χ0n) is 12.7. The van der Waals surface area contributed by atoms with Gasteiger partial charge in [-0.15, -0.1) is 0 Å². The van der Waals surface area contributed by atoms with Crippen molar-refractivity contribution < 1.29 is 13.9 Å². The topological polar surface area (TPSA) is 63.2 Å². The first-order valence-electron chi connectivity index (χ1n) is 7.29. The van der Waals surface area contributed by atoms with E-state index in [9.17, 15) is 10.1 Å². The van der Waals surface area contributed by atoms with Gasteiger partial charge < -0.3 is 9.15 Å². The van der Waals surface area contributed by atoms with E-state index in [0.717, 1.165) is 0 Å². The van der Waals surface area contributed by atoms with Gasteiger partial charge in [0.1, 0.15) is 23.1 Å². The van der Waals surface area contributed by atoms with Gasteiger partial charge in [0.25, 0.3) is 0 Å². The number of allylic oxidation sites excluding steroid dienone is 1. The minimum absolute atomic E-state index is 0.00168. The molecule has 0 aliphatic rings. The molecule has 116 valence electrons. The normalized spacial score (nSPS) is 10.9. The van der Waals surface area contributed by atoms with Gasteiger partial charge in [-0.05, 0) is 48.0 Å². The summed E-state index contributed by atoms with van der Waals surface area (Å²) in [6.07, 6.45) is 2.92. The number of ketones is 1. The maximum Gasteiger partial charge on any atom is 0.238 e. The molecule has 0 fully saturated rings. The van der Waals surface area contributed by atoms with E-state index in [1.807, 2.05) is 42.5 Å². The number of carbonyl (C=O) groups excluding carboxylic acids is 1. The second-order valence-electron chi connectivity index (χ2n) is 4.96. The van der Waals surface area contributed by atoms with Crippen molar-refractivity contribution in [2.75, 3.05) is 0 Å². The van der Waals surface area contributed by atoms with E-state index in [2.05, 4.69) is 0 Å². The minimum atomic E-state index is -0.447. The Kier molecular flexibility index (Phi) is 4.55. The van der Waals surface area contributed by atoms with Gasteiger partial charge in [-0.1, -0.05) is 30.3 Å². The van der Waals surface area contributed by atoms with Crippen LogP contribution in [0.2, 0.25) is 0 Å². The predicted molar refractivity (Wildman–Crippen MR) is 89.6 cm³/mol. The number of hydrogen-bond donors (Lipinski definition) is 0. The maximum absolute atomic E-state index is 12.2. The van der Waals surface area contributed by atoms with E-state index in [1.54, 1.807) is 24.3 Å². The van der Waals surface area contributed by atoms with E-state index in [-0.39, 0.29) is 11.3 Å². The predicted octanol–water partition coefficient (Wildman–Crippen LogP) is 4.86. The summed E-state index contributed by atoms with van der Waals surface area (Å²) < 4.78 is 10.8. The molecule has 3 aromatic rings. The number of para-hydroxylation sites is 1. The molecule has 0 spiro atoms. The number of nitrogens with zero attached hydrogens (tertiary/aromatic N) is 1. The lowest BCUT2D eigenvalue weighted by molar-refractivity contribution is 0.101. The summed E-state index contributed by atoms with van der Waals surface area (Å²) in [4.78, 5) is 12.2. The number of Topliss-reactive ketones (excluding diaryl/α,β-unsaturated/α-hetero) is 1. The molecule has 0 saturated carbocycles. The molecule has 0 N–H and O–H groups in total. The zero-order valence-corrected chi connectivity index (χ0v) is 12.7. The van der Waals surface area contributed by atoms with Crippen molar-refractivity contribution in [1.29, 1.82) is 5.26 Å². The van der Waals surface area contributed by atoms with Gasteiger partial charge in [-0.25, -0.2) is 0 Å². The number of benzene rings is 2. The first-order chi connectivity index (χ1) is 11.8. The van der Waals surface area contributed by atoms with Crippen LogP contribution < -0.4 is 4.74 Å². The molecular weight excluding hydrogens is 302 g/mol. The number of rotatable bonds is 5. The van der Waals surface area contributed by atoms with Crippen LogP contribution in [0.3, 0.4) is 0 Å². The van der Waals surface area contributed by atoms with Crippen LogP contribution in [0.1, 0.15) is 16.1 Å². The maximum atomic E-state index is 12.2. The minimum Gasteiger partial charge on any atom is -0.461 e. The van der Waals surface area contributed by atoms with Gasteiger partial charge in [0.05, 0.1) is 6.26 Å². The van der Waals surface area contributed by atoms with Crippen LogP contribution in [0, 0.1) is 11.3 Å². The van der Waals surface area contributed by atoms with Gasteiger partial charge in [0, 0.05) is 0 Å². The van der Waals surface area contributed by atoms with Crippen LogP contribution in [0.15, 0.2) is 83.0 Å². The largest absolute Gasteiger partial charge is 0.461 e. The fraction of sp³-hybridized carbons (Fsp3) is 0. The highest BCUT2D eigenvalue weighted by molar-refractivity contribution is 6.12. The monoisotopic (exact) mass is 315 g/mol. The van der Waals surface area contributed by atoms with Gasteiger partial charge >= 0.3 is 0 Å². The van der Waals surface area contributed by atoms with Crippen molar-refractivity contribution in [2.45, 2.75) is 0 Å². The molecule has 0 aliphatic heterocycles. The molecule has 0 saturated heterocycles. The molecule has 2 aromatic carbocycles. The van der Waals surface area contributed by atoms with Crippen LogP contribution in [-0.2, 0) is 0 Å². The van der Waals surface area contributed by atoms with Crippen LogP contribution in [0.5, 0.6) is 11.5 Å². The summed E-state index contributed by atoms with van der Waals surface area (Å²) in [6, 6.07) is 21.6. The quantitative estimate of drug-likeness (QED) is 0.383. The Hall–Kier alpha value is -3.58. The lowest BCUT2D eigenvalue weighted by atomic mass is 10.1.